The van der Waals surface area contributed by atoms with Gasteiger partial charge in [0, 0.05) is 19.2 Å². The standard InChI is InChI=1S/C15H17F4N3O4/c16-13(17)15(18,19)8-26-11-4-3-10(6-20-11)21-14(25)22-5-1-2-9(7-22)12(23)24/h3-4,6,9,13H,1-2,5,7-8H2,(H,21,25)(H,23,24). The molecule has 1 aliphatic rings. The average Bonchev–Trinajstić information content (AvgIpc) is 2.61. The summed E-state index contributed by atoms with van der Waals surface area (Å²) in [4.78, 5) is 28.2. The second-order valence-electron chi connectivity index (χ2n) is 5.79. The Hall–Kier alpha value is -2.59. The lowest BCUT2D eigenvalue weighted by molar-refractivity contribution is -0.148. The van der Waals surface area contributed by atoms with Gasteiger partial charge in [-0.3, -0.25) is 4.79 Å². The number of alkyl halides is 4. The summed E-state index contributed by atoms with van der Waals surface area (Å²) in [6, 6.07) is 1.93. The lowest BCUT2D eigenvalue weighted by Gasteiger charge is -2.30. The number of nitrogens with one attached hydrogen (secondary N) is 1. The van der Waals surface area contributed by atoms with Crippen LogP contribution in [-0.2, 0) is 4.79 Å². The van der Waals surface area contributed by atoms with Gasteiger partial charge in [0.1, 0.15) is 0 Å². The molecule has 2 heterocycles. The maximum absolute atomic E-state index is 12.8. The number of hydrogen-bond acceptors (Lipinski definition) is 4. The zero-order valence-corrected chi connectivity index (χ0v) is 13.5. The summed E-state index contributed by atoms with van der Waals surface area (Å²) in [6.45, 7) is -1.03. The van der Waals surface area contributed by atoms with Gasteiger partial charge < -0.3 is 20.1 Å². The van der Waals surface area contributed by atoms with Gasteiger partial charge in [0.25, 0.3) is 0 Å². The van der Waals surface area contributed by atoms with Crippen LogP contribution in [0.5, 0.6) is 5.88 Å². The number of carboxylic acids is 1. The number of piperidine rings is 1. The Bertz CT molecular complexity index is 642. The molecule has 1 aromatic rings. The number of rotatable bonds is 6. The number of carbonyl (C=O) groups excluding carboxylic acids is 1. The van der Waals surface area contributed by atoms with Gasteiger partial charge in [-0.25, -0.2) is 18.6 Å². The Morgan fingerprint density at radius 3 is 2.73 bits per heavy atom. The van der Waals surface area contributed by atoms with E-state index in [0.29, 0.717) is 19.4 Å². The molecule has 0 aromatic carbocycles. The van der Waals surface area contributed by atoms with E-state index in [1.165, 1.54) is 11.0 Å². The highest BCUT2D eigenvalue weighted by Crippen LogP contribution is 2.24. The summed E-state index contributed by atoms with van der Waals surface area (Å²) in [5, 5.41) is 11.5. The van der Waals surface area contributed by atoms with Crippen molar-refractivity contribution in [2.45, 2.75) is 25.2 Å². The number of aliphatic carboxylic acids is 1. The zero-order valence-electron chi connectivity index (χ0n) is 13.5. The summed E-state index contributed by atoms with van der Waals surface area (Å²) < 4.78 is 54.1. The van der Waals surface area contributed by atoms with Gasteiger partial charge in [-0.2, -0.15) is 8.78 Å². The monoisotopic (exact) mass is 379 g/mol. The molecule has 144 valence electrons. The molecule has 1 aromatic heterocycles. The van der Waals surface area contributed by atoms with E-state index in [1.807, 2.05) is 0 Å². The van der Waals surface area contributed by atoms with Crippen LogP contribution in [0.2, 0.25) is 0 Å². The minimum atomic E-state index is -4.29. The molecule has 2 N–H and O–H groups in total. The lowest BCUT2D eigenvalue weighted by atomic mass is 9.99. The summed E-state index contributed by atoms with van der Waals surface area (Å²) in [6.07, 6.45) is -1.67. The van der Waals surface area contributed by atoms with Gasteiger partial charge in [0.2, 0.25) is 5.88 Å². The number of likely N-dealkylation sites (tertiary alicyclic amines) is 1. The predicted octanol–water partition coefficient (Wildman–Crippen LogP) is 2.69. The Morgan fingerprint density at radius 2 is 2.15 bits per heavy atom. The van der Waals surface area contributed by atoms with Crippen molar-refractivity contribution in [3.63, 3.8) is 0 Å². The van der Waals surface area contributed by atoms with Crippen LogP contribution in [0.4, 0.5) is 28.0 Å². The number of anilines is 1. The average molecular weight is 379 g/mol. The fourth-order valence-corrected chi connectivity index (χ4v) is 2.34. The van der Waals surface area contributed by atoms with E-state index in [4.69, 9.17) is 5.11 Å². The van der Waals surface area contributed by atoms with Crippen LogP contribution in [0, 0.1) is 5.92 Å². The van der Waals surface area contributed by atoms with Crippen LogP contribution in [0.25, 0.3) is 0 Å². The molecule has 0 radical (unpaired) electrons. The molecule has 11 heteroatoms. The number of hydrogen-bond donors (Lipinski definition) is 2. The quantitative estimate of drug-likeness (QED) is 0.742. The second kappa shape index (κ2) is 8.19. The SMILES string of the molecule is O=C(O)C1CCCN(C(=O)Nc2ccc(OCC(F)(F)C(F)F)nc2)C1. The third kappa shape index (κ3) is 5.20. The number of carbonyl (C=O) groups is 2. The maximum Gasteiger partial charge on any atom is 0.340 e. The summed E-state index contributed by atoms with van der Waals surface area (Å²) in [5.74, 6) is -6.18. The first kappa shape index (κ1) is 19.7. The number of pyridine rings is 1. The number of urea groups is 1. The van der Waals surface area contributed by atoms with Gasteiger partial charge in [0.15, 0.2) is 6.61 Å². The third-order valence-corrected chi connectivity index (χ3v) is 3.78. The fraction of sp³-hybridized carbons (Fsp3) is 0.533. The highest BCUT2D eigenvalue weighted by Gasteiger charge is 2.41. The third-order valence-electron chi connectivity index (χ3n) is 3.78. The van der Waals surface area contributed by atoms with Crippen molar-refractivity contribution in [3.05, 3.63) is 18.3 Å². The van der Waals surface area contributed by atoms with Crippen molar-refractivity contribution in [1.29, 1.82) is 0 Å². The van der Waals surface area contributed by atoms with E-state index >= 15 is 0 Å². The molecule has 1 fully saturated rings. The number of amides is 2. The zero-order chi connectivity index (χ0) is 19.3. The van der Waals surface area contributed by atoms with Gasteiger partial charge in [-0.1, -0.05) is 0 Å². The molecule has 1 saturated heterocycles. The van der Waals surface area contributed by atoms with Crippen LogP contribution < -0.4 is 10.1 Å². The molecule has 0 bridgehead atoms. The number of carboxylic acid groups (broad SMARTS) is 1. The predicted molar refractivity (Wildman–Crippen MR) is 81.6 cm³/mol. The molecule has 7 nitrogen and oxygen atoms in total. The van der Waals surface area contributed by atoms with E-state index in [-0.39, 0.29) is 18.1 Å². The van der Waals surface area contributed by atoms with Crippen molar-refractivity contribution in [2.24, 2.45) is 5.92 Å². The Morgan fingerprint density at radius 1 is 1.42 bits per heavy atom. The van der Waals surface area contributed by atoms with Crippen LogP contribution in [0.15, 0.2) is 18.3 Å². The molecule has 1 aliphatic heterocycles. The summed E-state index contributed by atoms with van der Waals surface area (Å²) in [5.41, 5.74) is 0.223. The normalized spacial score (nSPS) is 17.9. The highest BCUT2D eigenvalue weighted by atomic mass is 19.3. The topological polar surface area (TPSA) is 91.8 Å². The van der Waals surface area contributed by atoms with Crippen LogP contribution >= 0.6 is 0 Å². The van der Waals surface area contributed by atoms with Crippen LogP contribution in [0.3, 0.4) is 0 Å². The fourth-order valence-electron chi connectivity index (χ4n) is 2.34. The van der Waals surface area contributed by atoms with E-state index in [2.05, 4.69) is 15.0 Å². The van der Waals surface area contributed by atoms with Crippen molar-refractivity contribution < 1.29 is 37.0 Å². The smallest absolute Gasteiger partial charge is 0.340 e. The molecule has 1 atom stereocenters. The summed E-state index contributed by atoms with van der Waals surface area (Å²) in [7, 11) is 0. The van der Waals surface area contributed by atoms with E-state index in [1.54, 1.807) is 0 Å². The van der Waals surface area contributed by atoms with Crippen molar-refractivity contribution >= 4 is 17.7 Å². The molecule has 2 amide bonds. The van der Waals surface area contributed by atoms with E-state index in [9.17, 15) is 27.2 Å². The van der Waals surface area contributed by atoms with E-state index < -0.39 is 36.9 Å². The number of nitrogens with zero attached hydrogens (tertiary/aromatic N) is 2. The van der Waals surface area contributed by atoms with Crippen molar-refractivity contribution in [3.8, 4) is 5.88 Å². The minimum Gasteiger partial charge on any atom is -0.481 e. The molecule has 1 unspecified atom stereocenters. The first-order valence-corrected chi connectivity index (χ1v) is 7.72. The second-order valence-corrected chi connectivity index (χ2v) is 5.79. The molecule has 0 aliphatic carbocycles. The number of aromatic nitrogens is 1. The Labute approximate surface area is 145 Å². The number of halogens is 4. The summed E-state index contributed by atoms with van der Waals surface area (Å²) >= 11 is 0. The first-order valence-electron chi connectivity index (χ1n) is 7.72. The molecule has 0 spiro atoms. The maximum atomic E-state index is 12.8. The van der Waals surface area contributed by atoms with Crippen molar-refractivity contribution in [1.82, 2.24) is 9.88 Å². The first-order chi connectivity index (χ1) is 12.2. The van der Waals surface area contributed by atoms with Gasteiger partial charge in [-0.05, 0) is 18.9 Å². The van der Waals surface area contributed by atoms with E-state index in [0.717, 1.165) is 12.3 Å². The van der Waals surface area contributed by atoms with Crippen LogP contribution in [-0.4, -0.2) is 59.0 Å². The van der Waals surface area contributed by atoms with Crippen LogP contribution in [0.1, 0.15) is 12.8 Å². The Balaban J connectivity index is 1.88. The lowest BCUT2D eigenvalue weighted by Crippen LogP contribution is -2.44. The van der Waals surface area contributed by atoms with Gasteiger partial charge in [0.05, 0.1) is 17.8 Å². The minimum absolute atomic E-state index is 0.0818. The van der Waals surface area contributed by atoms with Crippen molar-refractivity contribution in [2.75, 3.05) is 25.0 Å². The molecule has 26 heavy (non-hydrogen) atoms. The van der Waals surface area contributed by atoms with Gasteiger partial charge >= 0.3 is 24.3 Å². The largest absolute Gasteiger partial charge is 0.481 e. The highest BCUT2D eigenvalue weighted by molar-refractivity contribution is 5.89. The van der Waals surface area contributed by atoms with Gasteiger partial charge in [-0.15, -0.1) is 0 Å². The number of ether oxygens (including phenoxy) is 1. The Kier molecular flexibility index (Phi) is 6.22. The molecular formula is C15H17F4N3O4. The molecule has 0 saturated carbocycles. The molecular weight excluding hydrogens is 362 g/mol. The molecule has 2 rings (SSSR count).